The van der Waals surface area contributed by atoms with Gasteiger partial charge in [-0.25, -0.2) is 0 Å². The van der Waals surface area contributed by atoms with Crippen molar-refractivity contribution in [3.05, 3.63) is 0 Å². The minimum Gasteiger partial charge on any atom is -0.355 e. The van der Waals surface area contributed by atoms with E-state index in [-0.39, 0.29) is 5.91 Å². The first-order valence-corrected chi connectivity index (χ1v) is 3.07. The van der Waals surface area contributed by atoms with E-state index in [4.69, 9.17) is 10.8 Å². The Labute approximate surface area is 58.6 Å². The van der Waals surface area contributed by atoms with Crippen LogP contribution in [-0.2, 0) is 4.79 Å². The second-order valence-corrected chi connectivity index (χ2v) is 2.33. The minimum atomic E-state index is -0.931. The zero-order valence-corrected chi connectivity index (χ0v) is 5.48. The summed E-state index contributed by atoms with van der Waals surface area (Å²) in [7, 11) is 0. The Morgan fingerprint density at radius 1 is 1.50 bits per heavy atom. The molecule has 1 aliphatic heterocycles. The van der Waals surface area contributed by atoms with Gasteiger partial charge in [0.1, 0.15) is 5.41 Å². The Kier molecular flexibility index (Phi) is 1.53. The first kappa shape index (κ1) is 6.92. The summed E-state index contributed by atoms with van der Waals surface area (Å²) in [5.74, 6) is -0.225. The van der Waals surface area contributed by atoms with Crippen LogP contribution in [0.2, 0.25) is 0 Å². The van der Waals surface area contributed by atoms with Crippen LogP contribution in [0.5, 0.6) is 0 Å². The van der Waals surface area contributed by atoms with E-state index in [2.05, 4.69) is 5.32 Å². The van der Waals surface area contributed by atoms with E-state index >= 15 is 0 Å². The molecule has 4 heteroatoms. The fourth-order valence-electron chi connectivity index (χ4n) is 0.978. The summed E-state index contributed by atoms with van der Waals surface area (Å²) in [6.45, 7) is 0.573. The predicted molar refractivity (Wildman–Crippen MR) is 37.6 cm³/mol. The summed E-state index contributed by atoms with van der Waals surface area (Å²) >= 11 is 0. The standard InChI is InChI=1S/C6H9N3O/c7-3-6(4-8)1-2-9-5(6)10/h3-4,7-8H,1-2H2,(H,9,10). The molecular formula is C6H9N3O. The summed E-state index contributed by atoms with van der Waals surface area (Å²) in [5, 5.41) is 16.5. The zero-order chi connectivity index (χ0) is 7.61. The average molecular weight is 139 g/mol. The van der Waals surface area contributed by atoms with Crippen LogP contribution in [-0.4, -0.2) is 24.9 Å². The summed E-state index contributed by atoms with van der Waals surface area (Å²) in [6, 6.07) is 0. The van der Waals surface area contributed by atoms with Gasteiger partial charge in [-0.3, -0.25) is 4.79 Å². The average Bonchev–Trinajstić information content (AvgIpc) is 2.32. The molecule has 1 fully saturated rings. The third-order valence-electron chi connectivity index (χ3n) is 1.76. The molecular weight excluding hydrogens is 130 g/mol. The van der Waals surface area contributed by atoms with Crippen LogP contribution in [0.4, 0.5) is 0 Å². The first-order chi connectivity index (χ1) is 4.75. The van der Waals surface area contributed by atoms with Gasteiger partial charge in [0.2, 0.25) is 5.91 Å². The third-order valence-corrected chi connectivity index (χ3v) is 1.76. The van der Waals surface area contributed by atoms with Gasteiger partial charge in [-0.05, 0) is 6.42 Å². The van der Waals surface area contributed by atoms with Gasteiger partial charge in [0.05, 0.1) is 0 Å². The van der Waals surface area contributed by atoms with Gasteiger partial charge in [0, 0.05) is 19.0 Å². The van der Waals surface area contributed by atoms with Gasteiger partial charge in [-0.2, -0.15) is 0 Å². The molecule has 54 valence electrons. The predicted octanol–water partition coefficient (Wildman–Crippen LogP) is -0.208. The van der Waals surface area contributed by atoms with Crippen molar-refractivity contribution in [3.63, 3.8) is 0 Å². The molecule has 3 N–H and O–H groups in total. The van der Waals surface area contributed by atoms with Crippen LogP contribution in [0.15, 0.2) is 0 Å². The SMILES string of the molecule is N=CC1(C=N)CCNC1=O. The van der Waals surface area contributed by atoms with Crippen molar-refractivity contribution >= 4 is 18.3 Å². The molecule has 0 saturated carbocycles. The molecule has 0 atom stereocenters. The summed E-state index contributed by atoms with van der Waals surface area (Å²) in [4.78, 5) is 10.9. The van der Waals surface area contributed by atoms with Gasteiger partial charge in [-0.1, -0.05) is 0 Å². The van der Waals surface area contributed by atoms with E-state index in [1.807, 2.05) is 0 Å². The Balaban J connectivity index is 2.91. The normalized spacial score (nSPS) is 31.4. The van der Waals surface area contributed by atoms with E-state index in [9.17, 15) is 4.79 Å². The van der Waals surface area contributed by atoms with Crippen LogP contribution < -0.4 is 5.32 Å². The number of hydrogen-bond donors (Lipinski definition) is 3. The molecule has 4 nitrogen and oxygen atoms in total. The maximum absolute atomic E-state index is 10.9. The van der Waals surface area contributed by atoms with E-state index in [0.717, 1.165) is 12.4 Å². The van der Waals surface area contributed by atoms with Crippen LogP contribution in [0, 0.1) is 16.2 Å². The number of rotatable bonds is 2. The molecule has 10 heavy (non-hydrogen) atoms. The second-order valence-electron chi connectivity index (χ2n) is 2.33. The fraction of sp³-hybridized carbons (Fsp3) is 0.500. The molecule has 0 spiro atoms. The number of amides is 1. The lowest BCUT2D eigenvalue weighted by Crippen LogP contribution is -2.33. The lowest BCUT2D eigenvalue weighted by Gasteiger charge is -2.11. The molecule has 1 aliphatic rings. The summed E-state index contributed by atoms with van der Waals surface area (Å²) < 4.78 is 0. The molecule has 0 unspecified atom stereocenters. The largest absolute Gasteiger partial charge is 0.355 e. The van der Waals surface area contributed by atoms with Crippen molar-refractivity contribution in [2.45, 2.75) is 6.42 Å². The van der Waals surface area contributed by atoms with Crippen molar-refractivity contribution in [1.82, 2.24) is 5.32 Å². The quantitative estimate of drug-likeness (QED) is 0.455. The van der Waals surface area contributed by atoms with Gasteiger partial charge in [0.25, 0.3) is 0 Å². The molecule has 0 radical (unpaired) electrons. The third kappa shape index (κ3) is 0.725. The lowest BCUT2D eigenvalue weighted by molar-refractivity contribution is -0.122. The van der Waals surface area contributed by atoms with Crippen molar-refractivity contribution in [2.75, 3.05) is 6.54 Å². The molecule has 0 aromatic carbocycles. The molecule has 1 amide bonds. The van der Waals surface area contributed by atoms with Crippen LogP contribution >= 0.6 is 0 Å². The van der Waals surface area contributed by atoms with Crippen molar-refractivity contribution < 1.29 is 4.79 Å². The van der Waals surface area contributed by atoms with Crippen molar-refractivity contribution in [1.29, 1.82) is 10.8 Å². The highest BCUT2D eigenvalue weighted by atomic mass is 16.2. The van der Waals surface area contributed by atoms with E-state index in [1.54, 1.807) is 0 Å². The molecule has 1 heterocycles. The number of carbonyl (C=O) groups is 1. The monoisotopic (exact) mass is 139 g/mol. The van der Waals surface area contributed by atoms with Gasteiger partial charge < -0.3 is 16.1 Å². The fourth-order valence-corrected chi connectivity index (χ4v) is 0.978. The Hall–Kier alpha value is -1.19. The molecule has 1 saturated heterocycles. The number of hydrogen-bond acceptors (Lipinski definition) is 3. The highest BCUT2D eigenvalue weighted by Crippen LogP contribution is 2.20. The van der Waals surface area contributed by atoms with E-state index in [1.165, 1.54) is 0 Å². The van der Waals surface area contributed by atoms with Crippen LogP contribution in [0.25, 0.3) is 0 Å². The van der Waals surface area contributed by atoms with E-state index < -0.39 is 5.41 Å². The topological polar surface area (TPSA) is 76.8 Å². The molecule has 1 rings (SSSR count). The Morgan fingerprint density at radius 3 is 2.30 bits per heavy atom. The van der Waals surface area contributed by atoms with Crippen LogP contribution in [0.3, 0.4) is 0 Å². The smallest absolute Gasteiger partial charge is 0.237 e. The van der Waals surface area contributed by atoms with Crippen molar-refractivity contribution in [2.24, 2.45) is 5.41 Å². The van der Waals surface area contributed by atoms with Gasteiger partial charge >= 0.3 is 0 Å². The molecule has 0 aromatic rings. The molecule has 0 aliphatic carbocycles. The maximum atomic E-state index is 10.9. The lowest BCUT2D eigenvalue weighted by atomic mass is 9.90. The molecule has 0 aromatic heterocycles. The highest BCUT2D eigenvalue weighted by Gasteiger charge is 2.38. The number of nitrogens with one attached hydrogen (secondary N) is 3. The maximum Gasteiger partial charge on any atom is 0.237 e. The Bertz CT molecular complexity index is 179. The summed E-state index contributed by atoms with van der Waals surface area (Å²) in [6.07, 6.45) is 2.60. The number of carbonyl (C=O) groups excluding carboxylic acids is 1. The minimum absolute atomic E-state index is 0.225. The first-order valence-electron chi connectivity index (χ1n) is 3.07. The molecule has 0 bridgehead atoms. The van der Waals surface area contributed by atoms with Gasteiger partial charge in [0.15, 0.2) is 0 Å². The van der Waals surface area contributed by atoms with Crippen LogP contribution in [0.1, 0.15) is 6.42 Å². The zero-order valence-electron chi connectivity index (χ0n) is 5.48. The Morgan fingerprint density at radius 2 is 2.10 bits per heavy atom. The summed E-state index contributed by atoms with van der Waals surface area (Å²) in [5.41, 5.74) is -0.931. The van der Waals surface area contributed by atoms with Crippen molar-refractivity contribution in [3.8, 4) is 0 Å². The second kappa shape index (κ2) is 2.21. The van der Waals surface area contributed by atoms with Gasteiger partial charge in [-0.15, -0.1) is 0 Å². The highest BCUT2D eigenvalue weighted by molar-refractivity contribution is 6.13. The van der Waals surface area contributed by atoms with E-state index in [0.29, 0.717) is 13.0 Å².